The fourth-order valence-electron chi connectivity index (χ4n) is 1.53. The maximum atomic E-state index is 4.94. The van der Waals surface area contributed by atoms with Crippen molar-refractivity contribution in [2.75, 3.05) is 13.7 Å². The van der Waals surface area contributed by atoms with Crippen LogP contribution in [0.2, 0.25) is 0 Å². The number of rotatable bonds is 9. The van der Waals surface area contributed by atoms with Crippen molar-refractivity contribution < 1.29 is 4.74 Å². The second kappa shape index (κ2) is 8.92. The van der Waals surface area contributed by atoms with Crippen molar-refractivity contribution in [3.05, 3.63) is 12.5 Å². The molecule has 1 unspecified atom stereocenters. The Morgan fingerprint density at radius 1 is 1.36 bits per heavy atom. The van der Waals surface area contributed by atoms with E-state index in [1.165, 1.54) is 32.1 Å². The number of methoxy groups -OCH3 is 1. The molecule has 2 heteroatoms. The van der Waals surface area contributed by atoms with Crippen molar-refractivity contribution in [3.63, 3.8) is 0 Å². The van der Waals surface area contributed by atoms with Crippen LogP contribution in [0, 0.1) is 5.92 Å². The van der Waals surface area contributed by atoms with E-state index < -0.39 is 0 Å². The molecule has 84 valence electrons. The smallest absolute Gasteiger partial charge is 0.178 e. The molecule has 0 fully saturated rings. The Kier molecular flexibility index (Phi) is 8.50. The highest BCUT2D eigenvalue weighted by molar-refractivity contribution is 4.77. The van der Waals surface area contributed by atoms with Gasteiger partial charge in [-0.1, -0.05) is 39.5 Å². The van der Waals surface area contributed by atoms with Crippen LogP contribution in [0.25, 0.3) is 0 Å². The van der Waals surface area contributed by atoms with Gasteiger partial charge in [-0.05, 0) is 18.9 Å². The zero-order valence-corrected chi connectivity index (χ0v) is 9.94. The third-order valence-corrected chi connectivity index (χ3v) is 2.66. The lowest BCUT2D eigenvalue weighted by atomic mass is 9.96. The van der Waals surface area contributed by atoms with Gasteiger partial charge in [0, 0.05) is 6.54 Å². The van der Waals surface area contributed by atoms with Crippen LogP contribution in [0.1, 0.15) is 46.0 Å². The van der Waals surface area contributed by atoms with Gasteiger partial charge in [-0.2, -0.15) is 0 Å². The largest absolute Gasteiger partial charge is 0.483 e. The van der Waals surface area contributed by atoms with Gasteiger partial charge in [0.2, 0.25) is 0 Å². The Morgan fingerprint density at radius 2 is 2.07 bits per heavy atom. The minimum Gasteiger partial charge on any atom is -0.483 e. The van der Waals surface area contributed by atoms with Crippen molar-refractivity contribution in [1.82, 2.24) is 5.32 Å². The molecule has 0 spiro atoms. The van der Waals surface area contributed by atoms with Crippen LogP contribution < -0.4 is 5.32 Å². The molecule has 0 heterocycles. The summed E-state index contributed by atoms with van der Waals surface area (Å²) in [5, 5.41) is 3.16. The zero-order chi connectivity index (χ0) is 10.8. The molecular formula is C12H25NO. The maximum Gasteiger partial charge on any atom is 0.178 e. The van der Waals surface area contributed by atoms with E-state index in [1.807, 2.05) is 0 Å². The molecule has 0 aromatic heterocycles. The molecule has 0 aromatic rings. The first-order chi connectivity index (χ1) is 6.74. The third kappa shape index (κ3) is 6.81. The normalized spacial score (nSPS) is 12.2. The van der Waals surface area contributed by atoms with E-state index in [2.05, 4.69) is 25.7 Å². The molecule has 0 amide bonds. The lowest BCUT2D eigenvalue weighted by Gasteiger charge is -2.15. The molecule has 0 aliphatic rings. The van der Waals surface area contributed by atoms with Crippen LogP contribution in [0.5, 0.6) is 0 Å². The van der Waals surface area contributed by atoms with Gasteiger partial charge < -0.3 is 10.1 Å². The summed E-state index contributed by atoms with van der Waals surface area (Å²) < 4.78 is 4.94. The molecule has 1 atom stereocenters. The summed E-state index contributed by atoms with van der Waals surface area (Å²) in [6, 6.07) is 0. The second-order valence-electron chi connectivity index (χ2n) is 3.76. The molecule has 0 radical (unpaired) electrons. The predicted molar refractivity (Wildman–Crippen MR) is 62.1 cm³/mol. The Balaban J connectivity index is 3.46. The van der Waals surface area contributed by atoms with Gasteiger partial charge in [-0.3, -0.25) is 0 Å². The predicted octanol–water partition coefficient (Wildman–Crippen LogP) is 3.30. The van der Waals surface area contributed by atoms with Gasteiger partial charge >= 0.3 is 0 Å². The Morgan fingerprint density at radius 3 is 2.57 bits per heavy atom. The van der Waals surface area contributed by atoms with E-state index in [0.29, 0.717) is 5.88 Å². The highest BCUT2D eigenvalue weighted by atomic mass is 16.5. The molecule has 0 aliphatic heterocycles. The lowest BCUT2D eigenvalue weighted by Crippen LogP contribution is -2.18. The molecular weight excluding hydrogens is 174 g/mol. The quantitative estimate of drug-likeness (QED) is 0.575. The summed E-state index contributed by atoms with van der Waals surface area (Å²) in [5.41, 5.74) is 0. The number of ether oxygens (including phenoxy) is 1. The topological polar surface area (TPSA) is 21.3 Å². The minimum absolute atomic E-state index is 0.676. The van der Waals surface area contributed by atoms with Crippen LogP contribution in [-0.2, 0) is 4.74 Å². The van der Waals surface area contributed by atoms with Crippen molar-refractivity contribution in [2.24, 2.45) is 5.92 Å². The maximum absolute atomic E-state index is 4.94. The second-order valence-corrected chi connectivity index (χ2v) is 3.76. The molecule has 0 aliphatic carbocycles. The Bertz CT molecular complexity index is 145. The number of unbranched alkanes of at least 4 members (excludes halogenated alkanes) is 1. The van der Waals surface area contributed by atoms with E-state index in [9.17, 15) is 0 Å². The summed E-state index contributed by atoms with van der Waals surface area (Å²) in [5.74, 6) is 1.53. The van der Waals surface area contributed by atoms with Crippen molar-refractivity contribution >= 4 is 0 Å². The summed E-state index contributed by atoms with van der Waals surface area (Å²) in [6.45, 7) is 9.22. The van der Waals surface area contributed by atoms with Crippen molar-refractivity contribution in [2.45, 2.75) is 46.0 Å². The van der Waals surface area contributed by atoms with Gasteiger partial charge in [0.1, 0.15) is 0 Å². The monoisotopic (exact) mass is 199 g/mol. The molecule has 1 N–H and O–H groups in total. The molecule has 0 saturated carbocycles. The molecule has 14 heavy (non-hydrogen) atoms. The van der Waals surface area contributed by atoms with Crippen LogP contribution in [0.15, 0.2) is 12.5 Å². The standard InChI is InChI=1S/C12H25NO/c1-5-7-8-12(6-2)9-10-13-11(3)14-4/h12-13H,3,5-10H2,1-2,4H3. The van der Waals surface area contributed by atoms with E-state index >= 15 is 0 Å². The van der Waals surface area contributed by atoms with E-state index in [1.54, 1.807) is 7.11 Å². The fourth-order valence-corrected chi connectivity index (χ4v) is 1.53. The minimum atomic E-state index is 0.676. The van der Waals surface area contributed by atoms with Crippen LogP contribution >= 0.6 is 0 Å². The summed E-state index contributed by atoms with van der Waals surface area (Å²) in [7, 11) is 1.64. The zero-order valence-electron chi connectivity index (χ0n) is 9.94. The first kappa shape index (κ1) is 13.3. The highest BCUT2D eigenvalue weighted by Crippen LogP contribution is 2.15. The summed E-state index contributed by atoms with van der Waals surface area (Å²) in [6.07, 6.45) is 6.51. The van der Waals surface area contributed by atoms with Crippen molar-refractivity contribution in [1.29, 1.82) is 0 Å². The van der Waals surface area contributed by atoms with E-state index in [0.717, 1.165) is 12.5 Å². The number of nitrogens with one attached hydrogen (secondary N) is 1. The van der Waals surface area contributed by atoms with E-state index in [-0.39, 0.29) is 0 Å². The lowest BCUT2D eigenvalue weighted by molar-refractivity contribution is 0.259. The first-order valence-electron chi connectivity index (χ1n) is 5.71. The molecule has 0 rings (SSSR count). The van der Waals surface area contributed by atoms with Gasteiger partial charge in [0.15, 0.2) is 5.88 Å². The van der Waals surface area contributed by atoms with Gasteiger partial charge in [-0.15, -0.1) is 0 Å². The highest BCUT2D eigenvalue weighted by Gasteiger charge is 2.05. The van der Waals surface area contributed by atoms with Gasteiger partial charge in [0.05, 0.1) is 7.11 Å². The molecule has 0 saturated heterocycles. The fraction of sp³-hybridized carbons (Fsp3) is 0.833. The average molecular weight is 199 g/mol. The van der Waals surface area contributed by atoms with Crippen molar-refractivity contribution in [3.8, 4) is 0 Å². The van der Waals surface area contributed by atoms with Crippen LogP contribution in [0.4, 0.5) is 0 Å². The van der Waals surface area contributed by atoms with E-state index in [4.69, 9.17) is 4.74 Å². The summed E-state index contributed by atoms with van der Waals surface area (Å²) in [4.78, 5) is 0. The van der Waals surface area contributed by atoms with Crippen LogP contribution in [0.3, 0.4) is 0 Å². The molecule has 0 bridgehead atoms. The SMILES string of the molecule is C=C(NCCC(CC)CCCC)OC. The first-order valence-corrected chi connectivity index (χ1v) is 5.71. The third-order valence-electron chi connectivity index (χ3n) is 2.66. The van der Waals surface area contributed by atoms with Gasteiger partial charge in [0.25, 0.3) is 0 Å². The molecule has 0 aromatic carbocycles. The summed E-state index contributed by atoms with van der Waals surface area (Å²) >= 11 is 0. The number of hydrogen-bond acceptors (Lipinski definition) is 2. The van der Waals surface area contributed by atoms with Crippen LogP contribution in [-0.4, -0.2) is 13.7 Å². The van der Waals surface area contributed by atoms with Gasteiger partial charge in [-0.25, -0.2) is 0 Å². The average Bonchev–Trinajstić information content (AvgIpc) is 2.22. The number of hydrogen-bond donors (Lipinski definition) is 1. The Labute approximate surface area is 88.7 Å². The molecule has 2 nitrogen and oxygen atoms in total. The Hall–Kier alpha value is -0.660.